The van der Waals surface area contributed by atoms with Crippen molar-refractivity contribution < 1.29 is 9.53 Å². The van der Waals surface area contributed by atoms with Crippen LogP contribution in [0.4, 0.5) is 0 Å². The summed E-state index contributed by atoms with van der Waals surface area (Å²) >= 11 is 2.81. The summed E-state index contributed by atoms with van der Waals surface area (Å²) in [6, 6.07) is 11.3. The smallest absolute Gasteiger partial charge is 0.214 e. The van der Waals surface area contributed by atoms with Gasteiger partial charge in [0.05, 0.1) is 17.7 Å². The summed E-state index contributed by atoms with van der Waals surface area (Å²) in [5.74, 6) is 1.03. The Morgan fingerprint density at radius 1 is 1.30 bits per heavy atom. The van der Waals surface area contributed by atoms with Crippen LogP contribution < -0.4 is 4.74 Å². The van der Waals surface area contributed by atoms with Crippen molar-refractivity contribution in [3.8, 4) is 11.4 Å². The second kappa shape index (κ2) is 6.93. The highest BCUT2D eigenvalue weighted by Gasteiger charge is 2.15. The van der Waals surface area contributed by atoms with E-state index in [0.717, 1.165) is 15.4 Å². The predicted molar refractivity (Wildman–Crippen MR) is 89.8 cm³/mol. The molecule has 0 radical (unpaired) electrons. The van der Waals surface area contributed by atoms with Crippen LogP contribution in [-0.2, 0) is 0 Å². The summed E-state index contributed by atoms with van der Waals surface area (Å²) < 4.78 is 6.91. The summed E-state index contributed by atoms with van der Waals surface area (Å²) in [5.41, 5.74) is 0.738. The van der Waals surface area contributed by atoms with Crippen molar-refractivity contribution in [3.63, 3.8) is 0 Å². The molecule has 0 saturated carbocycles. The third-order valence-corrected chi connectivity index (χ3v) is 5.06. The number of methoxy groups -OCH3 is 1. The molecule has 0 fully saturated rings. The number of thiophene rings is 1. The van der Waals surface area contributed by atoms with Crippen LogP contribution >= 0.6 is 23.1 Å². The van der Waals surface area contributed by atoms with Crippen molar-refractivity contribution in [3.05, 3.63) is 46.2 Å². The zero-order valence-corrected chi connectivity index (χ0v) is 14.2. The van der Waals surface area contributed by atoms with Gasteiger partial charge in [-0.1, -0.05) is 23.9 Å². The molecule has 0 amide bonds. The molecule has 3 aromatic rings. The number of ether oxygens (including phenoxy) is 1. The Bertz CT molecular complexity index is 828. The van der Waals surface area contributed by atoms with Crippen molar-refractivity contribution in [2.45, 2.75) is 12.1 Å². The molecule has 1 aromatic carbocycles. The van der Waals surface area contributed by atoms with Gasteiger partial charge < -0.3 is 4.74 Å². The van der Waals surface area contributed by atoms with Gasteiger partial charge in [0.2, 0.25) is 5.16 Å². The minimum Gasteiger partial charge on any atom is -0.494 e. The van der Waals surface area contributed by atoms with E-state index in [2.05, 4.69) is 15.5 Å². The Morgan fingerprint density at radius 2 is 2.13 bits per heavy atom. The Kier molecular flexibility index (Phi) is 4.73. The molecule has 8 heteroatoms. The number of carbonyl (C=O) groups excluding carboxylic acids is 1. The first-order chi connectivity index (χ1) is 11.2. The van der Waals surface area contributed by atoms with Gasteiger partial charge in [0.25, 0.3) is 0 Å². The number of tetrazole rings is 1. The van der Waals surface area contributed by atoms with Gasteiger partial charge in [-0.15, -0.1) is 16.4 Å². The standard InChI is InChI=1S/C15H14N4O2S2/c1-10-7-8-14(23-10)12(20)9-22-15-16-17-18-19(15)11-5-3-4-6-13(11)21-2/h3-8H,9H2,1-2H3. The van der Waals surface area contributed by atoms with Crippen molar-refractivity contribution in [1.82, 2.24) is 20.2 Å². The Labute approximate surface area is 141 Å². The fourth-order valence-corrected chi connectivity index (χ4v) is 3.67. The molecule has 118 valence electrons. The Morgan fingerprint density at radius 3 is 2.87 bits per heavy atom. The van der Waals surface area contributed by atoms with E-state index in [4.69, 9.17) is 4.74 Å². The summed E-state index contributed by atoms with van der Waals surface area (Å²) in [4.78, 5) is 14.1. The fraction of sp³-hybridized carbons (Fsp3) is 0.200. The molecule has 0 atom stereocenters. The van der Waals surface area contributed by atoms with Crippen molar-refractivity contribution in [1.29, 1.82) is 0 Å². The van der Waals surface area contributed by atoms with Gasteiger partial charge in [0.15, 0.2) is 5.78 Å². The molecule has 0 aliphatic carbocycles. The van der Waals surface area contributed by atoms with Gasteiger partial charge in [-0.25, -0.2) is 0 Å². The molecule has 3 rings (SSSR count). The number of hydrogen-bond donors (Lipinski definition) is 0. The molecule has 2 heterocycles. The number of aryl methyl sites for hydroxylation is 1. The lowest BCUT2D eigenvalue weighted by molar-refractivity contribution is 0.102. The van der Waals surface area contributed by atoms with E-state index < -0.39 is 0 Å². The number of Topliss-reactive ketones (excluding diaryl/α,β-unsaturated/α-hetero) is 1. The average Bonchev–Trinajstić information content (AvgIpc) is 3.21. The predicted octanol–water partition coefficient (Wildman–Crippen LogP) is 3.02. The lowest BCUT2D eigenvalue weighted by Crippen LogP contribution is -2.04. The van der Waals surface area contributed by atoms with Gasteiger partial charge in [-0.2, -0.15) is 4.68 Å². The van der Waals surface area contributed by atoms with Crippen molar-refractivity contribution in [2.75, 3.05) is 12.9 Å². The SMILES string of the molecule is COc1ccccc1-n1nnnc1SCC(=O)c1ccc(C)s1. The van der Waals surface area contributed by atoms with Crippen LogP contribution in [0, 0.1) is 6.92 Å². The number of thioether (sulfide) groups is 1. The molecule has 6 nitrogen and oxygen atoms in total. The quantitative estimate of drug-likeness (QED) is 0.505. The van der Waals surface area contributed by atoms with Crippen LogP contribution in [0.1, 0.15) is 14.5 Å². The summed E-state index contributed by atoms with van der Waals surface area (Å²) in [7, 11) is 1.60. The first-order valence-corrected chi connectivity index (χ1v) is 8.63. The molecule has 0 spiro atoms. The van der Waals surface area contributed by atoms with E-state index >= 15 is 0 Å². The number of benzene rings is 1. The van der Waals surface area contributed by atoms with Crippen LogP contribution in [0.5, 0.6) is 5.75 Å². The molecule has 2 aromatic heterocycles. The normalized spacial score (nSPS) is 10.7. The molecular formula is C15H14N4O2S2. The van der Waals surface area contributed by atoms with Gasteiger partial charge in [-0.3, -0.25) is 4.79 Å². The molecule has 0 aliphatic heterocycles. The number of rotatable bonds is 6. The Balaban J connectivity index is 1.78. The lowest BCUT2D eigenvalue weighted by atomic mass is 10.3. The van der Waals surface area contributed by atoms with E-state index in [0.29, 0.717) is 10.9 Å². The third-order valence-electron chi connectivity index (χ3n) is 3.10. The number of hydrogen-bond acceptors (Lipinski definition) is 7. The largest absolute Gasteiger partial charge is 0.494 e. The summed E-state index contributed by atoms with van der Waals surface area (Å²) in [6.07, 6.45) is 0. The molecule has 0 aliphatic rings. The molecule has 23 heavy (non-hydrogen) atoms. The second-order valence-corrected chi connectivity index (χ2v) is 6.90. The van der Waals surface area contributed by atoms with Gasteiger partial charge in [-0.05, 0) is 41.6 Å². The maximum atomic E-state index is 12.2. The van der Waals surface area contributed by atoms with Gasteiger partial charge in [0, 0.05) is 4.88 Å². The van der Waals surface area contributed by atoms with Crippen LogP contribution in [0.15, 0.2) is 41.6 Å². The summed E-state index contributed by atoms with van der Waals surface area (Å²) in [5, 5.41) is 12.3. The fourth-order valence-electron chi connectivity index (χ4n) is 2.01. The molecule has 0 saturated heterocycles. The minimum atomic E-state index is 0.0719. The number of nitrogens with zero attached hydrogens (tertiary/aromatic N) is 4. The molecule has 0 bridgehead atoms. The maximum Gasteiger partial charge on any atom is 0.214 e. The Hall–Kier alpha value is -2.19. The highest BCUT2D eigenvalue weighted by Crippen LogP contribution is 2.26. The minimum absolute atomic E-state index is 0.0719. The number of carbonyl (C=O) groups is 1. The zero-order chi connectivity index (χ0) is 16.2. The van der Waals surface area contributed by atoms with Crippen LogP contribution in [0.3, 0.4) is 0 Å². The number of para-hydroxylation sites is 2. The van der Waals surface area contributed by atoms with E-state index in [1.165, 1.54) is 23.1 Å². The van der Waals surface area contributed by atoms with Crippen molar-refractivity contribution in [2.24, 2.45) is 0 Å². The zero-order valence-electron chi connectivity index (χ0n) is 12.6. The molecular weight excluding hydrogens is 332 g/mol. The highest BCUT2D eigenvalue weighted by molar-refractivity contribution is 7.99. The van der Waals surface area contributed by atoms with E-state index in [9.17, 15) is 4.79 Å². The number of aromatic nitrogens is 4. The topological polar surface area (TPSA) is 69.9 Å². The lowest BCUT2D eigenvalue weighted by Gasteiger charge is -2.08. The van der Waals surface area contributed by atoms with Crippen LogP contribution in [0.2, 0.25) is 0 Å². The van der Waals surface area contributed by atoms with Gasteiger partial charge >= 0.3 is 0 Å². The van der Waals surface area contributed by atoms with Crippen molar-refractivity contribution >= 4 is 28.9 Å². The summed E-state index contributed by atoms with van der Waals surface area (Å²) in [6.45, 7) is 1.98. The molecule has 0 unspecified atom stereocenters. The first-order valence-electron chi connectivity index (χ1n) is 6.83. The van der Waals surface area contributed by atoms with E-state index in [-0.39, 0.29) is 11.5 Å². The monoisotopic (exact) mass is 346 g/mol. The number of ketones is 1. The third kappa shape index (κ3) is 3.43. The maximum absolute atomic E-state index is 12.2. The van der Waals surface area contributed by atoms with Gasteiger partial charge in [0.1, 0.15) is 11.4 Å². The average molecular weight is 346 g/mol. The second-order valence-electron chi connectivity index (χ2n) is 4.67. The van der Waals surface area contributed by atoms with Crippen LogP contribution in [0.25, 0.3) is 5.69 Å². The molecule has 0 N–H and O–H groups in total. The van der Waals surface area contributed by atoms with Crippen LogP contribution in [-0.4, -0.2) is 38.9 Å². The van der Waals surface area contributed by atoms with E-state index in [1.807, 2.05) is 43.3 Å². The first kappa shape index (κ1) is 15.7. The highest BCUT2D eigenvalue weighted by atomic mass is 32.2. The van der Waals surface area contributed by atoms with E-state index in [1.54, 1.807) is 11.8 Å².